The van der Waals surface area contributed by atoms with Crippen LogP contribution in [0.3, 0.4) is 0 Å². The van der Waals surface area contributed by atoms with Crippen LogP contribution in [-0.4, -0.2) is 17.5 Å². The predicted molar refractivity (Wildman–Crippen MR) is 71.2 cm³/mol. The maximum atomic E-state index is 12.1. The van der Waals surface area contributed by atoms with E-state index in [1.54, 1.807) is 0 Å². The highest BCUT2D eigenvalue weighted by molar-refractivity contribution is 5.76. The van der Waals surface area contributed by atoms with Crippen LogP contribution in [0.25, 0.3) is 0 Å². The van der Waals surface area contributed by atoms with Crippen molar-refractivity contribution in [3.05, 3.63) is 65.2 Å². The number of benzene rings is 2. The summed E-state index contributed by atoms with van der Waals surface area (Å²) in [5.74, 6) is 0.686. The summed E-state index contributed by atoms with van der Waals surface area (Å²) in [7, 11) is 0. The van der Waals surface area contributed by atoms with Crippen molar-refractivity contribution >= 4 is 6.09 Å². The molecule has 94 valence electrons. The maximum Gasteiger partial charge on any atom is 0.416 e. The lowest BCUT2D eigenvalue weighted by molar-refractivity contribution is 0.122. The number of rotatable bonds is 0. The predicted octanol–water partition coefficient (Wildman–Crippen LogP) is 3.15. The first-order valence-corrected chi connectivity index (χ1v) is 6.50. The van der Waals surface area contributed by atoms with E-state index in [2.05, 4.69) is 18.2 Å². The number of fused-ring (bicyclic) bond motifs is 5. The Bertz CT molecular complexity index is 665. The highest BCUT2D eigenvalue weighted by Crippen LogP contribution is 2.42. The van der Waals surface area contributed by atoms with E-state index in [1.807, 2.05) is 35.2 Å². The fourth-order valence-electron chi connectivity index (χ4n) is 3.05. The lowest BCUT2D eigenvalue weighted by atomic mass is 9.87. The topological polar surface area (TPSA) is 29.5 Å². The Morgan fingerprint density at radius 1 is 1.00 bits per heavy atom. The average molecular weight is 251 g/mol. The number of hydrogen-bond acceptors (Lipinski definition) is 2. The van der Waals surface area contributed by atoms with Crippen LogP contribution in [0.2, 0.25) is 0 Å². The van der Waals surface area contributed by atoms with Crippen molar-refractivity contribution in [3.63, 3.8) is 0 Å². The Kier molecular flexibility index (Phi) is 2.15. The van der Waals surface area contributed by atoms with E-state index in [4.69, 9.17) is 4.74 Å². The van der Waals surface area contributed by atoms with Crippen LogP contribution in [0.1, 0.15) is 22.7 Å². The van der Waals surface area contributed by atoms with Gasteiger partial charge in [0, 0.05) is 12.1 Å². The number of nitrogens with zero attached hydrogens (tertiary/aromatic N) is 1. The minimum absolute atomic E-state index is 0.00222. The summed E-state index contributed by atoms with van der Waals surface area (Å²) in [6.45, 7) is 0.717. The summed E-state index contributed by atoms with van der Waals surface area (Å²) in [4.78, 5) is 13.9. The van der Waals surface area contributed by atoms with Crippen LogP contribution >= 0.6 is 0 Å². The standard InChI is InChI=1S/C16H13NO2/c18-16-17-10-9-11-5-1-2-6-12(11)15(17)13-7-3-4-8-14(13)19-16/h1-8,15H,9-10H2. The normalized spacial score (nSPS) is 20.1. The van der Waals surface area contributed by atoms with E-state index in [0.29, 0.717) is 5.75 Å². The first-order chi connectivity index (χ1) is 9.34. The monoisotopic (exact) mass is 251 g/mol. The summed E-state index contributed by atoms with van der Waals surface area (Å²) in [6.07, 6.45) is 0.655. The van der Waals surface area contributed by atoms with Crippen molar-refractivity contribution in [1.29, 1.82) is 0 Å². The van der Waals surface area contributed by atoms with Crippen molar-refractivity contribution in [2.45, 2.75) is 12.5 Å². The number of amides is 1. The molecule has 0 saturated heterocycles. The van der Waals surface area contributed by atoms with E-state index in [1.165, 1.54) is 11.1 Å². The second-order valence-electron chi connectivity index (χ2n) is 4.95. The quantitative estimate of drug-likeness (QED) is 0.720. The molecule has 0 saturated carbocycles. The van der Waals surface area contributed by atoms with E-state index < -0.39 is 0 Å². The Morgan fingerprint density at radius 3 is 2.63 bits per heavy atom. The minimum atomic E-state index is -0.238. The summed E-state index contributed by atoms with van der Waals surface area (Å²) in [5.41, 5.74) is 3.63. The zero-order chi connectivity index (χ0) is 12.8. The molecular weight excluding hydrogens is 238 g/mol. The van der Waals surface area contributed by atoms with E-state index in [9.17, 15) is 4.79 Å². The molecule has 3 heteroatoms. The second-order valence-corrected chi connectivity index (χ2v) is 4.95. The molecule has 2 aliphatic heterocycles. The highest BCUT2D eigenvalue weighted by Gasteiger charge is 2.38. The molecule has 0 aliphatic carbocycles. The Balaban J connectivity index is 1.95. The second kappa shape index (κ2) is 3.85. The fraction of sp³-hybridized carbons (Fsp3) is 0.188. The summed E-state index contributed by atoms with van der Waals surface area (Å²) in [5, 5.41) is 0. The van der Waals surface area contributed by atoms with Gasteiger partial charge in [0.05, 0.1) is 6.04 Å². The molecule has 4 rings (SSSR count). The maximum absolute atomic E-state index is 12.1. The Hall–Kier alpha value is -2.29. The summed E-state index contributed by atoms with van der Waals surface area (Å²) < 4.78 is 5.40. The largest absolute Gasteiger partial charge is 0.416 e. The molecule has 0 spiro atoms. The molecule has 1 unspecified atom stereocenters. The molecule has 0 N–H and O–H groups in total. The SMILES string of the molecule is O=C1Oc2ccccc2C2c3ccccc3CCN12. The van der Waals surface area contributed by atoms with Crippen molar-refractivity contribution in [2.24, 2.45) is 0 Å². The number of carbonyl (C=O) groups excluding carboxylic acids is 1. The van der Waals surface area contributed by atoms with E-state index in [-0.39, 0.29) is 12.1 Å². The van der Waals surface area contributed by atoms with Gasteiger partial charge in [0.1, 0.15) is 5.75 Å². The first-order valence-electron chi connectivity index (χ1n) is 6.50. The number of ether oxygens (including phenoxy) is 1. The van der Waals surface area contributed by atoms with Crippen LogP contribution in [-0.2, 0) is 6.42 Å². The zero-order valence-corrected chi connectivity index (χ0v) is 10.4. The number of hydrogen-bond donors (Lipinski definition) is 0. The van der Waals surface area contributed by atoms with Gasteiger partial charge in [0.25, 0.3) is 0 Å². The van der Waals surface area contributed by atoms with Crippen LogP contribution in [0.4, 0.5) is 4.79 Å². The molecule has 0 bridgehead atoms. The molecule has 2 heterocycles. The third-order valence-corrected chi connectivity index (χ3v) is 3.93. The molecule has 0 fully saturated rings. The van der Waals surface area contributed by atoms with Crippen LogP contribution < -0.4 is 4.74 Å². The molecule has 0 radical (unpaired) electrons. The smallest absolute Gasteiger partial charge is 0.410 e. The Morgan fingerprint density at radius 2 is 1.74 bits per heavy atom. The third-order valence-electron chi connectivity index (χ3n) is 3.93. The van der Waals surface area contributed by atoms with Gasteiger partial charge in [-0.1, -0.05) is 42.5 Å². The summed E-state index contributed by atoms with van der Waals surface area (Å²) >= 11 is 0. The van der Waals surface area contributed by atoms with Crippen molar-refractivity contribution < 1.29 is 9.53 Å². The Labute approximate surface area is 111 Å². The van der Waals surface area contributed by atoms with Gasteiger partial charge >= 0.3 is 6.09 Å². The van der Waals surface area contributed by atoms with Gasteiger partial charge in [-0.25, -0.2) is 4.79 Å². The molecule has 3 nitrogen and oxygen atoms in total. The van der Waals surface area contributed by atoms with Gasteiger partial charge in [0.15, 0.2) is 0 Å². The molecule has 2 aromatic carbocycles. The lowest BCUT2D eigenvalue weighted by Gasteiger charge is -2.40. The van der Waals surface area contributed by atoms with Gasteiger partial charge in [-0.2, -0.15) is 0 Å². The van der Waals surface area contributed by atoms with Gasteiger partial charge in [0.2, 0.25) is 0 Å². The fourth-order valence-corrected chi connectivity index (χ4v) is 3.05. The first kappa shape index (κ1) is 10.6. The van der Waals surface area contributed by atoms with Crippen LogP contribution in [0.5, 0.6) is 5.75 Å². The van der Waals surface area contributed by atoms with Gasteiger partial charge in [-0.05, 0) is 23.6 Å². The molecule has 1 atom stereocenters. The van der Waals surface area contributed by atoms with Crippen LogP contribution in [0, 0.1) is 0 Å². The van der Waals surface area contributed by atoms with Gasteiger partial charge in [-0.3, -0.25) is 4.90 Å². The molecular formula is C16H13NO2. The lowest BCUT2D eigenvalue weighted by Crippen LogP contribution is -2.45. The molecule has 1 amide bonds. The van der Waals surface area contributed by atoms with Crippen LogP contribution in [0.15, 0.2) is 48.5 Å². The molecule has 0 aromatic heterocycles. The summed E-state index contributed by atoms with van der Waals surface area (Å²) in [6, 6.07) is 16.2. The number of carbonyl (C=O) groups is 1. The minimum Gasteiger partial charge on any atom is -0.410 e. The zero-order valence-electron chi connectivity index (χ0n) is 10.4. The highest BCUT2D eigenvalue weighted by atomic mass is 16.6. The van der Waals surface area contributed by atoms with Gasteiger partial charge in [-0.15, -0.1) is 0 Å². The molecule has 2 aliphatic rings. The van der Waals surface area contributed by atoms with Crippen molar-refractivity contribution in [1.82, 2.24) is 4.90 Å². The third kappa shape index (κ3) is 1.48. The molecule has 2 aromatic rings. The number of para-hydroxylation sites is 1. The van der Waals surface area contributed by atoms with Gasteiger partial charge < -0.3 is 4.74 Å². The van der Waals surface area contributed by atoms with E-state index in [0.717, 1.165) is 18.5 Å². The van der Waals surface area contributed by atoms with Crippen molar-refractivity contribution in [2.75, 3.05) is 6.54 Å². The van der Waals surface area contributed by atoms with E-state index >= 15 is 0 Å². The molecule has 19 heavy (non-hydrogen) atoms. The van der Waals surface area contributed by atoms with Crippen molar-refractivity contribution in [3.8, 4) is 5.75 Å². The average Bonchev–Trinajstić information content (AvgIpc) is 2.47.